The molecule has 0 spiro atoms. The highest BCUT2D eigenvalue weighted by Crippen LogP contribution is 2.37. The van der Waals surface area contributed by atoms with E-state index < -0.39 is 11.9 Å². The second-order valence-corrected chi connectivity index (χ2v) is 15.7. The minimum atomic E-state index is -0.966. The maximum absolute atomic E-state index is 13.0. The van der Waals surface area contributed by atoms with Gasteiger partial charge < -0.3 is 20.3 Å². The van der Waals surface area contributed by atoms with E-state index in [1.54, 1.807) is 41.7 Å². The number of esters is 1. The van der Waals surface area contributed by atoms with E-state index >= 15 is 0 Å². The molecule has 3 N–H and O–H groups in total. The third kappa shape index (κ3) is 12.8. The molecule has 0 heterocycles. The van der Waals surface area contributed by atoms with Gasteiger partial charge in [-0.05, 0) is 180 Å². The second kappa shape index (κ2) is 23.1. The van der Waals surface area contributed by atoms with Crippen LogP contribution in [0.5, 0.6) is 11.5 Å². The Kier molecular flexibility index (Phi) is 20.4. The number of phenols is 1. The summed E-state index contributed by atoms with van der Waals surface area (Å²) in [6.45, 7) is 29.6. The number of phenolic OH excluding ortho intramolecular Hbond substituents is 1. The molecule has 1 atom stereocenters. The molecule has 10 heteroatoms. The van der Waals surface area contributed by atoms with Gasteiger partial charge in [0.15, 0.2) is 11.6 Å². The van der Waals surface area contributed by atoms with Gasteiger partial charge in [-0.15, -0.1) is 0 Å². The number of aryl methyl sites for hydroxylation is 2. The Balaban J connectivity index is 0.000000454. The third-order valence-corrected chi connectivity index (χ3v) is 11.7. The number of allylic oxidation sites excluding steroid dienone is 3. The number of hydrogen-bond acceptors (Lipinski definition) is 8. The number of benzene rings is 3. The summed E-state index contributed by atoms with van der Waals surface area (Å²) in [5.41, 5.74) is 12.5. The average Bonchev–Trinajstić information content (AvgIpc) is 4.05. The first-order valence-corrected chi connectivity index (χ1v) is 21.0. The molecule has 0 aliphatic heterocycles. The fourth-order valence-electron chi connectivity index (χ4n) is 7.10. The Morgan fingerprint density at radius 3 is 1.63 bits per heavy atom. The molecule has 1 fully saturated rings. The van der Waals surface area contributed by atoms with Crippen LogP contribution in [0, 0.1) is 75.2 Å². The molecule has 322 valence electrons. The first kappa shape index (κ1) is 52.2. The van der Waals surface area contributed by atoms with E-state index in [-0.39, 0.29) is 34.6 Å². The van der Waals surface area contributed by atoms with Gasteiger partial charge in [0.25, 0.3) is 0 Å². The van der Waals surface area contributed by atoms with Gasteiger partial charge >= 0.3 is 11.9 Å². The van der Waals surface area contributed by atoms with Crippen LogP contribution in [-0.2, 0) is 16.0 Å². The summed E-state index contributed by atoms with van der Waals surface area (Å²) in [5, 5.41) is 22.2. The molecule has 1 unspecified atom stereocenters. The minimum absolute atomic E-state index is 0.0538. The Bertz CT molecular complexity index is 2110. The fourth-order valence-corrected chi connectivity index (χ4v) is 7.59. The molecule has 0 saturated heterocycles. The van der Waals surface area contributed by atoms with Crippen molar-refractivity contribution < 1.29 is 38.9 Å². The van der Waals surface area contributed by atoms with E-state index in [0.717, 1.165) is 45.4 Å². The van der Waals surface area contributed by atoms with Crippen LogP contribution in [0.25, 0.3) is 0 Å². The van der Waals surface area contributed by atoms with Crippen molar-refractivity contribution in [1.29, 1.82) is 0 Å². The summed E-state index contributed by atoms with van der Waals surface area (Å²) >= 11 is 3.28. The Morgan fingerprint density at radius 1 is 0.729 bits per heavy atom. The summed E-state index contributed by atoms with van der Waals surface area (Å²) in [6.07, 6.45) is 8.33. The average molecular weight is 877 g/mol. The smallest absolute Gasteiger partial charge is 0.344 e. The molecule has 9 nitrogen and oxygen atoms in total. The van der Waals surface area contributed by atoms with Gasteiger partial charge in [-0.3, -0.25) is 14.4 Å². The van der Waals surface area contributed by atoms with Crippen LogP contribution in [0.4, 0.5) is 0 Å². The molecule has 59 heavy (non-hydrogen) atoms. The molecule has 1 saturated carbocycles. The van der Waals surface area contributed by atoms with Crippen molar-refractivity contribution in [1.82, 2.24) is 5.32 Å². The normalized spacial score (nSPS) is 13.6. The highest BCUT2D eigenvalue weighted by atomic mass is 79.9. The largest absolute Gasteiger partial charge is 0.506 e. The van der Waals surface area contributed by atoms with E-state index in [1.165, 1.54) is 50.8 Å². The zero-order valence-corrected chi connectivity index (χ0v) is 39.9. The van der Waals surface area contributed by atoms with Crippen molar-refractivity contribution >= 4 is 45.2 Å². The van der Waals surface area contributed by atoms with E-state index in [4.69, 9.17) is 4.74 Å². The Labute approximate surface area is 360 Å². The highest BCUT2D eigenvalue weighted by molar-refractivity contribution is 9.10. The lowest BCUT2D eigenvalue weighted by Gasteiger charge is -2.21. The number of aromatic hydroxyl groups is 1. The number of Topliss-reactive ketones (excluding diaryl/α,β-unsaturated/α-hetero) is 2. The van der Waals surface area contributed by atoms with E-state index in [2.05, 4.69) is 35.1 Å². The van der Waals surface area contributed by atoms with Crippen molar-refractivity contribution in [3.8, 4) is 11.5 Å². The van der Waals surface area contributed by atoms with Crippen LogP contribution in [0.1, 0.15) is 153 Å². The number of nitrogens with one attached hydrogen (secondary N) is 1. The number of aromatic carboxylic acids is 1. The number of carboxylic acid groups (broad SMARTS) is 1. The lowest BCUT2D eigenvalue weighted by Crippen LogP contribution is -2.27. The molecule has 2 aliphatic rings. The van der Waals surface area contributed by atoms with Gasteiger partial charge in [0, 0.05) is 18.8 Å². The van der Waals surface area contributed by atoms with Crippen molar-refractivity contribution in [2.45, 2.75) is 136 Å². The predicted octanol–water partition coefficient (Wildman–Crippen LogP) is 11.6. The highest BCUT2D eigenvalue weighted by Gasteiger charge is 2.26. The molecule has 3 aromatic rings. The number of hydrogen-bond donors (Lipinski definition) is 3. The lowest BCUT2D eigenvalue weighted by molar-refractivity contribution is -0.118. The number of halogens is 1. The van der Waals surface area contributed by atoms with Gasteiger partial charge in [-0.1, -0.05) is 51.7 Å². The number of ether oxygens (including phenoxy) is 1. The van der Waals surface area contributed by atoms with E-state index in [9.17, 15) is 34.2 Å². The van der Waals surface area contributed by atoms with Crippen LogP contribution in [-0.4, -0.2) is 46.5 Å². The molecule has 5 rings (SSSR count). The van der Waals surface area contributed by atoms with Crippen LogP contribution in [0.3, 0.4) is 0 Å². The van der Waals surface area contributed by atoms with Crippen LogP contribution in [0.15, 0.2) is 34.0 Å². The number of ketones is 3. The zero-order chi connectivity index (χ0) is 45.8. The van der Waals surface area contributed by atoms with Crippen LogP contribution < -0.4 is 10.1 Å². The zero-order valence-electron chi connectivity index (χ0n) is 38.4. The number of carboxylic acids is 1. The SMILES string of the molecule is C1CC1.CC.CC(=O)c1c(C)c(C)c(C)c(Br)c1O.CCc1c(C)cc(C)c(C(=O)Oc2c(C)c(C)c(C(=O)O)c(C)c2C)c1C.CNC1=CC(=O)C=C(C)C1C(C)=O. The van der Waals surface area contributed by atoms with Gasteiger partial charge in [0.2, 0.25) is 0 Å². The summed E-state index contributed by atoms with van der Waals surface area (Å²) in [4.78, 5) is 58.3. The van der Waals surface area contributed by atoms with Crippen molar-refractivity contribution in [2.24, 2.45) is 5.92 Å². The quantitative estimate of drug-likeness (QED) is 0.120. The van der Waals surface area contributed by atoms with Gasteiger partial charge in [-0.2, -0.15) is 0 Å². The molecule has 0 bridgehead atoms. The van der Waals surface area contributed by atoms with Crippen LogP contribution >= 0.6 is 15.9 Å². The molecular weight excluding hydrogens is 810 g/mol. The first-order chi connectivity index (χ1) is 27.5. The van der Waals surface area contributed by atoms with Crippen molar-refractivity contribution in [3.05, 3.63) is 112 Å². The number of carbonyl (C=O) groups excluding carboxylic acids is 4. The molecule has 0 amide bonds. The van der Waals surface area contributed by atoms with E-state index in [1.807, 2.05) is 54.5 Å². The van der Waals surface area contributed by atoms with Gasteiger partial charge in [0.1, 0.15) is 17.3 Å². The maximum Gasteiger partial charge on any atom is 0.344 e. The Hall–Kier alpha value is -4.83. The number of carbonyl (C=O) groups is 5. The number of rotatable bonds is 7. The standard InChI is InChI=1S/C23H28O4.C11H13BrO2.C10H13NO2.C3H6.C2H6/c1-9-18-11(2)10-12(3)19(17(18)8)23(26)27-21-15(6)13(4)20(22(24)25)14(5)16(21)7;1-5-6(2)9(8(4)13)11(14)10(12)7(5)3;1-6-4-8(13)5-9(11-3)10(6)7(2)12;1-2-3-1;1-2/h10H,9H2,1-8H3,(H,24,25);14H,1-4H3;4-5,10-11H,1-3H3;1-3H2;1-2H3. The Morgan fingerprint density at radius 2 is 1.22 bits per heavy atom. The van der Waals surface area contributed by atoms with Gasteiger partial charge in [0.05, 0.1) is 27.1 Å². The summed E-state index contributed by atoms with van der Waals surface area (Å²) in [5.74, 6) is -1.22. The van der Waals surface area contributed by atoms with E-state index in [0.29, 0.717) is 49.3 Å². The molecular formula is C49H66BrNO8. The molecule has 0 aromatic heterocycles. The first-order valence-electron chi connectivity index (χ1n) is 20.2. The summed E-state index contributed by atoms with van der Waals surface area (Å²) in [6, 6.07) is 2.02. The molecule has 0 radical (unpaired) electrons. The topological polar surface area (TPSA) is 147 Å². The monoisotopic (exact) mass is 875 g/mol. The maximum atomic E-state index is 13.0. The lowest BCUT2D eigenvalue weighted by atomic mass is 9.88. The fraction of sp³-hybridized carbons (Fsp3) is 0.449. The second-order valence-electron chi connectivity index (χ2n) is 15.0. The third-order valence-electron chi connectivity index (χ3n) is 10.8. The summed E-state index contributed by atoms with van der Waals surface area (Å²) < 4.78 is 6.44. The van der Waals surface area contributed by atoms with Crippen molar-refractivity contribution in [2.75, 3.05) is 7.05 Å². The minimum Gasteiger partial charge on any atom is -0.506 e. The van der Waals surface area contributed by atoms with Gasteiger partial charge in [-0.25, -0.2) is 9.59 Å². The molecule has 2 aliphatic carbocycles. The van der Waals surface area contributed by atoms with Crippen LogP contribution in [0.2, 0.25) is 0 Å². The predicted molar refractivity (Wildman–Crippen MR) is 243 cm³/mol. The summed E-state index contributed by atoms with van der Waals surface area (Å²) in [7, 11) is 1.72. The van der Waals surface area contributed by atoms with Crippen molar-refractivity contribution in [3.63, 3.8) is 0 Å². The molecule has 3 aromatic carbocycles.